The summed E-state index contributed by atoms with van der Waals surface area (Å²) in [5.41, 5.74) is 2.47. The molecule has 1 heteroatoms. The zero-order valence-corrected chi connectivity index (χ0v) is 8.34. The van der Waals surface area contributed by atoms with Gasteiger partial charge in [-0.25, -0.2) is 0 Å². The van der Waals surface area contributed by atoms with Crippen molar-refractivity contribution in [1.82, 2.24) is 0 Å². The second kappa shape index (κ2) is 2.83. The smallest absolute Gasteiger partial charge is 0.0969 e. The second-order valence-corrected chi connectivity index (χ2v) is 4.28. The van der Waals surface area contributed by atoms with Crippen LogP contribution in [-0.2, 0) is 0 Å². The maximum Gasteiger partial charge on any atom is 0.0969 e. The number of nitrogens with zero attached hydrogens (tertiary/aromatic N) is 1. The summed E-state index contributed by atoms with van der Waals surface area (Å²) in [5, 5.41) is 0. The Kier molecular flexibility index (Phi) is 1.90. The predicted molar refractivity (Wildman–Crippen MR) is 57.1 cm³/mol. The molecule has 0 spiro atoms. The summed E-state index contributed by atoms with van der Waals surface area (Å²) in [6.45, 7) is 10.2. The van der Waals surface area contributed by atoms with Gasteiger partial charge >= 0.3 is 0 Å². The van der Waals surface area contributed by atoms with E-state index >= 15 is 0 Å². The third-order valence-electron chi connectivity index (χ3n) is 3.42. The Morgan fingerprint density at radius 3 is 2.92 bits per heavy atom. The zero-order chi connectivity index (χ0) is 9.47. The van der Waals surface area contributed by atoms with Gasteiger partial charge in [0, 0.05) is 11.6 Å². The van der Waals surface area contributed by atoms with Crippen LogP contribution in [0.4, 0.5) is 0 Å². The predicted octanol–water partition coefficient (Wildman–Crippen LogP) is 3.13. The first kappa shape index (κ1) is 8.74. The van der Waals surface area contributed by atoms with E-state index in [1.807, 2.05) is 6.08 Å². The molecule has 0 radical (unpaired) electrons. The van der Waals surface area contributed by atoms with E-state index in [1.54, 1.807) is 0 Å². The van der Waals surface area contributed by atoms with Crippen LogP contribution in [0.15, 0.2) is 29.8 Å². The summed E-state index contributed by atoms with van der Waals surface area (Å²) in [5.74, 6) is 0.566. The molecule has 1 heterocycles. The van der Waals surface area contributed by atoms with Gasteiger partial charge in [0.05, 0.1) is 5.54 Å². The van der Waals surface area contributed by atoms with Crippen LogP contribution in [0.2, 0.25) is 0 Å². The molecule has 0 aromatic rings. The average molecular weight is 175 g/mol. The van der Waals surface area contributed by atoms with Gasteiger partial charge in [-0.2, -0.15) is 0 Å². The molecular weight excluding hydrogens is 158 g/mol. The van der Waals surface area contributed by atoms with E-state index < -0.39 is 0 Å². The van der Waals surface area contributed by atoms with Gasteiger partial charge in [-0.15, -0.1) is 6.58 Å². The molecule has 1 aliphatic heterocycles. The van der Waals surface area contributed by atoms with Crippen molar-refractivity contribution in [2.45, 2.75) is 38.1 Å². The molecule has 0 bridgehead atoms. The van der Waals surface area contributed by atoms with Gasteiger partial charge in [0.15, 0.2) is 0 Å². The van der Waals surface area contributed by atoms with Gasteiger partial charge in [0.25, 0.3) is 0 Å². The molecule has 2 rings (SSSR count). The Labute approximate surface area is 80.3 Å². The van der Waals surface area contributed by atoms with Crippen LogP contribution >= 0.6 is 0 Å². The van der Waals surface area contributed by atoms with Crippen LogP contribution in [0.5, 0.6) is 0 Å². The molecule has 2 aliphatic rings. The summed E-state index contributed by atoms with van der Waals surface area (Å²) in [4.78, 5) is 4.74. The second-order valence-electron chi connectivity index (χ2n) is 4.28. The number of aliphatic imine (C=N–C) groups is 1. The van der Waals surface area contributed by atoms with Crippen molar-refractivity contribution in [3.05, 3.63) is 24.8 Å². The van der Waals surface area contributed by atoms with Gasteiger partial charge < -0.3 is 0 Å². The average Bonchev–Trinajstić information content (AvgIpc) is 2.41. The minimum absolute atomic E-state index is 0.162. The summed E-state index contributed by atoms with van der Waals surface area (Å²) in [6.07, 6.45) is 6.99. The highest BCUT2D eigenvalue weighted by atomic mass is 14.9. The van der Waals surface area contributed by atoms with Crippen LogP contribution < -0.4 is 0 Å². The summed E-state index contributed by atoms with van der Waals surface area (Å²) in [6, 6.07) is 0. The molecule has 1 fully saturated rings. The van der Waals surface area contributed by atoms with Gasteiger partial charge in [0.1, 0.15) is 0 Å². The first-order chi connectivity index (χ1) is 6.17. The number of rotatable bonds is 1. The van der Waals surface area contributed by atoms with Crippen LogP contribution in [0.1, 0.15) is 32.6 Å². The molecule has 1 saturated carbocycles. The monoisotopic (exact) mass is 175 g/mol. The number of fused-ring (bicyclic) bond motifs is 1. The molecule has 1 nitrogen and oxygen atoms in total. The Hall–Kier alpha value is -0.850. The molecule has 0 saturated heterocycles. The molecule has 2 atom stereocenters. The molecule has 0 N–H and O–H groups in total. The van der Waals surface area contributed by atoms with Crippen molar-refractivity contribution in [2.75, 3.05) is 0 Å². The minimum atomic E-state index is -0.162. The highest BCUT2D eigenvalue weighted by Crippen LogP contribution is 2.41. The Balaban J connectivity index is 2.34. The summed E-state index contributed by atoms with van der Waals surface area (Å²) < 4.78 is 0. The molecule has 1 aliphatic carbocycles. The third-order valence-corrected chi connectivity index (χ3v) is 3.42. The molecule has 70 valence electrons. The van der Waals surface area contributed by atoms with E-state index in [2.05, 4.69) is 20.1 Å². The maximum atomic E-state index is 4.74. The fourth-order valence-corrected chi connectivity index (χ4v) is 2.40. The Bertz CT molecular complexity index is 287. The van der Waals surface area contributed by atoms with Crippen molar-refractivity contribution in [3.63, 3.8) is 0 Å². The van der Waals surface area contributed by atoms with Crippen LogP contribution in [-0.4, -0.2) is 11.3 Å². The largest absolute Gasteiger partial charge is 0.279 e. The molecule has 13 heavy (non-hydrogen) atoms. The fraction of sp³-hybridized carbons (Fsp3) is 0.583. The minimum Gasteiger partial charge on any atom is -0.279 e. The quantitative estimate of drug-likeness (QED) is 0.543. The summed E-state index contributed by atoms with van der Waals surface area (Å²) in [7, 11) is 0. The van der Waals surface area contributed by atoms with E-state index in [4.69, 9.17) is 4.99 Å². The van der Waals surface area contributed by atoms with Gasteiger partial charge in [0.2, 0.25) is 0 Å². The molecule has 0 unspecified atom stereocenters. The Morgan fingerprint density at radius 1 is 1.54 bits per heavy atom. The normalized spacial score (nSPS) is 38.4. The van der Waals surface area contributed by atoms with E-state index in [0.29, 0.717) is 5.92 Å². The lowest BCUT2D eigenvalue weighted by Gasteiger charge is -2.23. The number of hydrogen-bond acceptors (Lipinski definition) is 1. The maximum absolute atomic E-state index is 4.74. The Morgan fingerprint density at radius 2 is 2.31 bits per heavy atom. The van der Waals surface area contributed by atoms with Gasteiger partial charge in [-0.3, -0.25) is 4.99 Å². The first-order valence-electron chi connectivity index (χ1n) is 5.09. The summed E-state index contributed by atoms with van der Waals surface area (Å²) >= 11 is 0. The lowest BCUT2D eigenvalue weighted by Crippen LogP contribution is -2.21. The van der Waals surface area contributed by atoms with Crippen molar-refractivity contribution in [3.8, 4) is 0 Å². The van der Waals surface area contributed by atoms with E-state index in [0.717, 1.165) is 0 Å². The van der Waals surface area contributed by atoms with Crippen LogP contribution in [0, 0.1) is 5.92 Å². The highest BCUT2D eigenvalue weighted by molar-refractivity contribution is 5.93. The highest BCUT2D eigenvalue weighted by Gasteiger charge is 2.39. The fourth-order valence-electron chi connectivity index (χ4n) is 2.40. The SMILES string of the molecule is C=C[C@@]1(C)N=C2CCCC[C@@H]2C1=C. The van der Waals surface area contributed by atoms with Crippen LogP contribution in [0.25, 0.3) is 0 Å². The number of hydrogen-bond donors (Lipinski definition) is 0. The first-order valence-corrected chi connectivity index (χ1v) is 5.09. The van der Waals surface area contributed by atoms with Crippen molar-refractivity contribution in [1.29, 1.82) is 0 Å². The van der Waals surface area contributed by atoms with Crippen molar-refractivity contribution < 1.29 is 0 Å². The molecular formula is C12H17N. The standard InChI is InChI=1S/C12H17N/c1-4-12(3)9(2)10-7-5-6-8-11(10)13-12/h4,10H,1-2,5-8H2,3H3/t10-,12-/m1/s1. The lowest BCUT2D eigenvalue weighted by atomic mass is 9.80. The van der Waals surface area contributed by atoms with Crippen LogP contribution in [0.3, 0.4) is 0 Å². The topological polar surface area (TPSA) is 12.4 Å². The van der Waals surface area contributed by atoms with E-state index in [1.165, 1.54) is 37.0 Å². The lowest BCUT2D eigenvalue weighted by molar-refractivity contribution is 0.568. The van der Waals surface area contributed by atoms with Crippen molar-refractivity contribution in [2.24, 2.45) is 10.9 Å². The van der Waals surface area contributed by atoms with Gasteiger partial charge in [-0.1, -0.05) is 19.1 Å². The molecule has 0 aromatic carbocycles. The van der Waals surface area contributed by atoms with Crippen molar-refractivity contribution >= 4 is 5.71 Å². The molecule has 0 amide bonds. The molecule has 0 aromatic heterocycles. The van der Waals surface area contributed by atoms with Gasteiger partial charge in [-0.05, 0) is 31.8 Å². The zero-order valence-electron chi connectivity index (χ0n) is 8.34. The van der Waals surface area contributed by atoms with E-state index in [-0.39, 0.29) is 5.54 Å². The third kappa shape index (κ3) is 1.18. The van der Waals surface area contributed by atoms with E-state index in [9.17, 15) is 0 Å².